The second-order valence-corrected chi connectivity index (χ2v) is 9.50. The Balaban J connectivity index is 1.13. The van der Waals surface area contributed by atoms with Crippen LogP contribution in [0.25, 0.3) is 11.2 Å². The van der Waals surface area contributed by atoms with Gasteiger partial charge in [-0.05, 0) is 6.07 Å². The molecule has 5 heterocycles. The summed E-state index contributed by atoms with van der Waals surface area (Å²) in [4.78, 5) is 11.5. The summed E-state index contributed by atoms with van der Waals surface area (Å²) in [5.74, 6) is -1.53. The minimum atomic E-state index is -0.800. The molecule has 3 fully saturated rings. The molecule has 3 aliphatic heterocycles. The molecule has 0 saturated carbocycles. The number of aliphatic hydroxyl groups excluding tert-OH is 1. The summed E-state index contributed by atoms with van der Waals surface area (Å²) in [7, 11) is 0. The maximum Gasteiger partial charge on any atom is 0.296 e. The summed E-state index contributed by atoms with van der Waals surface area (Å²) in [5, 5.41) is 10.0. The first-order valence-corrected chi connectivity index (χ1v) is 12.3. The minimum absolute atomic E-state index is 0.0416. The zero-order valence-electron chi connectivity index (χ0n) is 19.5. The third-order valence-corrected chi connectivity index (χ3v) is 6.83. The fraction of sp³-hybridized carbons (Fsp3) is 0.500. The number of benzene rings is 1. The Hall–Kier alpha value is -2.77. The van der Waals surface area contributed by atoms with Crippen LogP contribution in [0.4, 0.5) is 8.78 Å². The maximum atomic E-state index is 14.7. The van der Waals surface area contributed by atoms with Crippen LogP contribution >= 0.6 is 11.6 Å². The van der Waals surface area contributed by atoms with Crippen molar-refractivity contribution in [1.29, 1.82) is 0 Å². The number of aliphatic hydroxyl groups is 1. The van der Waals surface area contributed by atoms with Gasteiger partial charge in [0.25, 0.3) is 6.01 Å². The number of nitrogens with one attached hydrogen (secondary N) is 1. The smallest absolute Gasteiger partial charge is 0.296 e. The zero-order chi connectivity index (χ0) is 25.5. The lowest BCUT2D eigenvalue weighted by molar-refractivity contribution is 0.00706. The molecule has 0 radical (unpaired) electrons. The number of halogens is 3. The fourth-order valence-corrected chi connectivity index (χ4v) is 4.84. The number of rotatable bonds is 7. The van der Waals surface area contributed by atoms with Crippen LogP contribution in [-0.4, -0.2) is 77.0 Å². The molecule has 2 N–H and O–H groups in total. The van der Waals surface area contributed by atoms with E-state index < -0.39 is 42.7 Å². The molecule has 2 aromatic heterocycles. The molecule has 4 atom stereocenters. The second kappa shape index (κ2) is 10.2. The van der Waals surface area contributed by atoms with Gasteiger partial charge >= 0.3 is 0 Å². The molecule has 3 aliphatic rings. The topological polar surface area (TPSA) is 117 Å². The summed E-state index contributed by atoms with van der Waals surface area (Å²) in [6, 6.07) is 3.96. The molecule has 2 unspecified atom stereocenters. The van der Waals surface area contributed by atoms with E-state index in [0.29, 0.717) is 31.6 Å². The lowest BCUT2D eigenvalue weighted by Crippen LogP contribution is -2.34. The number of H-pyrrole nitrogens is 1. The monoisotopic (exact) mass is 539 g/mol. The molecule has 0 spiro atoms. The van der Waals surface area contributed by atoms with Crippen LogP contribution in [0, 0.1) is 11.6 Å². The predicted octanol–water partition coefficient (Wildman–Crippen LogP) is 2.93. The highest BCUT2D eigenvalue weighted by Crippen LogP contribution is 2.32. The van der Waals surface area contributed by atoms with Crippen LogP contribution in [0.3, 0.4) is 0 Å². The number of nitrogens with zero attached hydrogens (tertiary/aromatic N) is 2. The van der Waals surface area contributed by atoms with Crippen molar-refractivity contribution in [3.05, 3.63) is 40.4 Å². The van der Waals surface area contributed by atoms with Crippen LogP contribution in [0.1, 0.15) is 18.4 Å². The van der Waals surface area contributed by atoms with Crippen LogP contribution in [0.2, 0.25) is 5.02 Å². The van der Waals surface area contributed by atoms with Crippen LogP contribution in [-0.2, 0) is 20.8 Å². The molecular weight excluding hydrogens is 516 g/mol. The number of aromatic amines is 1. The Morgan fingerprint density at radius 1 is 1.03 bits per heavy atom. The van der Waals surface area contributed by atoms with Crippen LogP contribution in [0.5, 0.6) is 17.6 Å². The number of imidazole rings is 1. The number of pyridine rings is 1. The maximum absolute atomic E-state index is 14.7. The summed E-state index contributed by atoms with van der Waals surface area (Å²) >= 11 is 6.29. The molecule has 6 rings (SSSR count). The minimum Gasteiger partial charge on any atom is -0.490 e. The largest absolute Gasteiger partial charge is 0.490 e. The first kappa shape index (κ1) is 24.6. The van der Waals surface area contributed by atoms with Crippen LogP contribution < -0.4 is 14.2 Å². The highest BCUT2D eigenvalue weighted by Gasteiger charge is 2.48. The molecule has 1 aromatic carbocycles. The molecule has 198 valence electrons. The van der Waals surface area contributed by atoms with Gasteiger partial charge in [-0.3, -0.25) is 0 Å². The van der Waals surface area contributed by atoms with Gasteiger partial charge in [-0.1, -0.05) is 11.6 Å². The molecule has 3 aromatic rings. The lowest BCUT2D eigenvalue weighted by atomic mass is 10.1. The average molecular weight is 540 g/mol. The summed E-state index contributed by atoms with van der Waals surface area (Å²) < 4.78 is 62.9. The lowest BCUT2D eigenvalue weighted by Gasteiger charge is -2.23. The fourth-order valence-electron chi connectivity index (χ4n) is 4.64. The number of hydrogen-bond acceptors (Lipinski definition) is 9. The molecule has 13 heteroatoms. The second-order valence-electron chi connectivity index (χ2n) is 9.09. The van der Waals surface area contributed by atoms with Gasteiger partial charge in [-0.25, -0.2) is 8.78 Å². The van der Waals surface area contributed by atoms with Gasteiger partial charge in [0.1, 0.15) is 53.4 Å². The average Bonchev–Trinajstić information content (AvgIpc) is 3.56. The van der Waals surface area contributed by atoms with Gasteiger partial charge in [-0.15, -0.1) is 0 Å². The Bertz CT molecular complexity index is 1270. The van der Waals surface area contributed by atoms with Gasteiger partial charge in [0, 0.05) is 25.0 Å². The van der Waals surface area contributed by atoms with Crippen molar-refractivity contribution in [3.8, 4) is 17.6 Å². The van der Waals surface area contributed by atoms with Gasteiger partial charge in [0.2, 0.25) is 5.88 Å². The van der Waals surface area contributed by atoms with E-state index in [2.05, 4.69) is 15.0 Å². The summed E-state index contributed by atoms with van der Waals surface area (Å²) in [5.41, 5.74) is 0.429. The van der Waals surface area contributed by atoms with Crippen molar-refractivity contribution in [2.24, 2.45) is 0 Å². The molecule has 37 heavy (non-hydrogen) atoms. The Labute approximate surface area is 214 Å². The highest BCUT2D eigenvalue weighted by molar-refractivity contribution is 6.32. The molecule has 10 nitrogen and oxygen atoms in total. The standard InChI is InChI=1S/C24H24ClF2N3O7/c25-14-7-17-22(30-24(28-17)37-19-10-34-20-18(31)9-33-21(19)20)29-23(14)35-8-13-15(26)5-12(6-16(13)27)36-11-1-3-32-4-2-11/h5-7,11,18-21,31H,1-4,8-10H2,(H,28,29,30)/t18-,19-,20?,21?/m1/s1. The van der Waals surface area contributed by atoms with E-state index in [1.54, 1.807) is 0 Å². The van der Waals surface area contributed by atoms with Crippen molar-refractivity contribution in [2.45, 2.75) is 50.0 Å². The predicted molar refractivity (Wildman–Crippen MR) is 124 cm³/mol. The first-order chi connectivity index (χ1) is 17.9. The Morgan fingerprint density at radius 3 is 2.57 bits per heavy atom. The van der Waals surface area contributed by atoms with Crippen molar-refractivity contribution in [3.63, 3.8) is 0 Å². The van der Waals surface area contributed by atoms with E-state index in [1.165, 1.54) is 6.07 Å². The van der Waals surface area contributed by atoms with E-state index >= 15 is 0 Å². The normalized spacial score (nSPS) is 25.9. The Kier molecular flexibility index (Phi) is 6.76. The molecule has 0 amide bonds. The van der Waals surface area contributed by atoms with Gasteiger partial charge in [0.05, 0.1) is 37.5 Å². The molecule has 3 saturated heterocycles. The SMILES string of the molecule is O[C@@H]1COC2C1OC[C@H]2Oc1nc2nc(OCc3c(F)cc(OC4CCOCC4)cc3F)c(Cl)cc2[nH]1. The summed E-state index contributed by atoms with van der Waals surface area (Å²) in [6.45, 7) is 1.08. The van der Waals surface area contributed by atoms with Crippen LogP contribution in [0.15, 0.2) is 18.2 Å². The number of hydrogen-bond donors (Lipinski definition) is 2. The molecular formula is C24H24ClF2N3O7. The molecule has 0 aliphatic carbocycles. The van der Waals surface area contributed by atoms with Gasteiger partial charge < -0.3 is 38.5 Å². The van der Waals surface area contributed by atoms with E-state index in [1.807, 2.05) is 0 Å². The van der Waals surface area contributed by atoms with Gasteiger partial charge in [-0.2, -0.15) is 9.97 Å². The van der Waals surface area contributed by atoms with E-state index in [-0.39, 0.29) is 53.2 Å². The van der Waals surface area contributed by atoms with Crippen molar-refractivity contribution in [2.75, 3.05) is 26.4 Å². The summed E-state index contributed by atoms with van der Waals surface area (Å²) in [6.07, 6.45) is -0.826. The van der Waals surface area contributed by atoms with E-state index in [0.717, 1.165) is 12.1 Å². The molecule has 0 bridgehead atoms. The van der Waals surface area contributed by atoms with Crippen molar-refractivity contribution in [1.82, 2.24) is 15.0 Å². The third-order valence-electron chi connectivity index (χ3n) is 6.56. The van der Waals surface area contributed by atoms with E-state index in [4.69, 9.17) is 40.0 Å². The van der Waals surface area contributed by atoms with Crippen molar-refractivity contribution >= 4 is 22.8 Å². The Morgan fingerprint density at radius 2 is 1.78 bits per heavy atom. The first-order valence-electron chi connectivity index (χ1n) is 11.9. The number of aromatic nitrogens is 3. The third kappa shape index (κ3) is 5.04. The van der Waals surface area contributed by atoms with Crippen molar-refractivity contribution < 1.29 is 42.3 Å². The zero-order valence-corrected chi connectivity index (χ0v) is 20.2. The van der Waals surface area contributed by atoms with E-state index in [9.17, 15) is 13.9 Å². The highest BCUT2D eigenvalue weighted by atomic mass is 35.5. The quantitative estimate of drug-likeness (QED) is 0.467. The number of fused-ring (bicyclic) bond motifs is 2. The number of ether oxygens (including phenoxy) is 6. The van der Waals surface area contributed by atoms with Gasteiger partial charge in [0.15, 0.2) is 11.8 Å².